The third-order valence-corrected chi connectivity index (χ3v) is 7.49. The smallest absolute Gasteiger partial charge is 0.315 e. The summed E-state index contributed by atoms with van der Waals surface area (Å²) in [5, 5.41) is 13.8. The minimum absolute atomic E-state index is 0.00851. The molecule has 0 radical (unpaired) electrons. The number of nitrogens with zero attached hydrogens (tertiary/aromatic N) is 3. The third kappa shape index (κ3) is 5.31. The summed E-state index contributed by atoms with van der Waals surface area (Å²) in [5.41, 5.74) is -1.58. The van der Waals surface area contributed by atoms with Crippen molar-refractivity contribution in [1.82, 2.24) is 9.88 Å². The van der Waals surface area contributed by atoms with Gasteiger partial charge in [-0.05, 0) is 42.2 Å². The van der Waals surface area contributed by atoms with Gasteiger partial charge in [0.1, 0.15) is 22.2 Å². The molecule has 2 amide bonds. The van der Waals surface area contributed by atoms with E-state index in [1.54, 1.807) is 6.07 Å². The zero-order valence-electron chi connectivity index (χ0n) is 20.9. The zero-order valence-corrected chi connectivity index (χ0v) is 23.2. The number of nitriles is 1. The number of carbonyl (C=O) groups excluding carboxylic acids is 1. The van der Waals surface area contributed by atoms with Crippen LogP contribution in [0.5, 0.6) is 0 Å². The van der Waals surface area contributed by atoms with E-state index in [9.17, 15) is 10.1 Å². The number of likely N-dealkylation sites (tertiary alicyclic amines) is 1. The topological polar surface area (TPSA) is 69.0 Å². The molecule has 0 aliphatic carbocycles. The fourth-order valence-corrected chi connectivity index (χ4v) is 5.77. The van der Waals surface area contributed by atoms with Gasteiger partial charge < -0.3 is 10.2 Å². The summed E-state index contributed by atoms with van der Waals surface area (Å²) in [6, 6.07) is 12.0. The second-order valence-corrected chi connectivity index (χ2v) is 11.8. The highest BCUT2D eigenvalue weighted by Crippen LogP contribution is 2.56. The molecule has 1 aliphatic heterocycles. The third-order valence-electron chi connectivity index (χ3n) is 6.74. The average molecular weight is 578 g/mol. The van der Waals surface area contributed by atoms with E-state index in [1.165, 1.54) is 47.5 Å². The Hall–Kier alpha value is -2.92. The Morgan fingerprint density at radius 3 is 2.53 bits per heavy atom. The molecule has 4 rings (SSSR count). The summed E-state index contributed by atoms with van der Waals surface area (Å²) in [4.78, 5) is 19.1. The quantitative estimate of drug-likeness (QED) is 0.316. The zero-order chi connectivity index (χ0) is 27.8. The molecule has 1 aliphatic rings. The Morgan fingerprint density at radius 1 is 1.18 bits per heavy atom. The van der Waals surface area contributed by atoms with Gasteiger partial charge in [-0.2, -0.15) is 5.26 Å². The summed E-state index contributed by atoms with van der Waals surface area (Å²) in [6.45, 7) is 6.02. The van der Waals surface area contributed by atoms with Gasteiger partial charge in [0.2, 0.25) is 0 Å². The van der Waals surface area contributed by atoms with Crippen molar-refractivity contribution in [3.63, 3.8) is 0 Å². The molecule has 2 aromatic carbocycles. The number of hydrogen-bond donors (Lipinski definition) is 1. The van der Waals surface area contributed by atoms with Crippen LogP contribution in [0.15, 0.2) is 54.7 Å². The van der Waals surface area contributed by atoms with E-state index in [2.05, 4.69) is 16.4 Å². The van der Waals surface area contributed by atoms with Crippen molar-refractivity contribution < 1.29 is 13.6 Å². The highest BCUT2D eigenvalue weighted by molar-refractivity contribution is 6.31. The monoisotopic (exact) mass is 576 g/mol. The molecule has 198 valence electrons. The lowest BCUT2D eigenvalue weighted by molar-refractivity contribution is 0.198. The predicted molar refractivity (Wildman–Crippen MR) is 145 cm³/mol. The second kappa shape index (κ2) is 10.7. The second-order valence-electron chi connectivity index (χ2n) is 10.6. The van der Waals surface area contributed by atoms with E-state index in [0.29, 0.717) is 12.1 Å². The van der Waals surface area contributed by atoms with Crippen LogP contribution in [-0.4, -0.2) is 22.5 Å². The molecular weight excluding hydrogens is 553 g/mol. The lowest BCUT2D eigenvalue weighted by Crippen LogP contribution is -2.42. The Morgan fingerprint density at radius 2 is 1.92 bits per heavy atom. The number of nitrogens with one attached hydrogen (secondary N) is 1. The molecule has 38 heavy (non-hydrogen) atoms. The van der Waals surface area contributed by atoms with E-state index in [1.807, 2.05) is 20.8 Å². The number of pyridine rings is 1. The van der Waals surface area contributed by atoms with Crippen molar-refractivity contribution in [2.45, 2.75) is 38.6 Å². The van der Waals surface area contributed by atoms with E-state index < -0.39 is 35.0 Å². The number of aromatic nitrogens is 1. The maximum absolute atomic E-state index is 15.6. The molecule has 0 bridgehead atoms. The predicted octanol–water partition coefficient (Wildman–Crippen LogP) is 8.42. The number of amides is 2. The lowest BCUT2D eigenvalue weighted by atomic mass is 9.63. The number of benzene rings is 2. The molecule has 0 saturated carbocycles. The van der Waals surface area contributed by atoms with Gasteiger partial charge in [0.15, 0.2) is 0 Å². The summed E-state index contributed by atoms with van der Waals surface area (Å²) in [6.07, 6.45) is 1.82. The molecule has 1 N–H and O–H groups in total. The van der Waals surface area contributed by atoms with Crippen molar-refractivity contribution in [3.8, 4) is 6.07 Å². The van der Waals surface area contributed by atoms with E-state index in [-0.39, 0.29) is 38.3 Å². The van der Waals surface area contributed by atoms with Gasteiger partial charge in [-0.3, -0.25) is 0 Å². The number of urea groups is 1. The number of rotatable bonds is 4. The van der Waals surface area contributed by atoms with E-state index >= 15 is 8.78 Å². The maximum Gasteiger partial charge on any atom is 0.322 e. The van der Waals surface area contributed by atoms with Crippen molar-refractivity contribution in [2.24, 2.45) is 11.3 Å². The molecular formula is C28H25Cl3F2N4O. The molecule has 0 spiro atoms. The van der Waals surface area contributed by atoms with Gasteiger partial charge in [-0.25, -0.2) is 18.6 Å². The standard InChI is InChI=1S/C28H25Cl3F2N4O/c1-27(2,3)12-16-14-37(26(38)36-18-8-10-23(31)35-13-18)25(19-5-4-6-21(30)24(19)33)28(16,15-34)20-9-7-17(29)11-22(20)32/h4-11,13,16,25H,12,14H2,1-3H3,(H,36,38). The summed E-state index contributed by atoms with van der Waals surface area (Å²) < 4.78 is 31.3. The van der Waals surface area contributed by atoms with Crippen LogP contribution in [0.2, 0.25) is 15.2 Å². The minimum atomic E-state index is -1.66. The molecule has 10 heteroatoms. The van der Waals surface area contributed by atoms with Gasteiger partial charge in [0.05, 0.1) is 29.0 Å². The molecule has 3 aromatic rings. The van der Waals surface area contributed by atoms with Crippen LogP contribution in [0.3, 0.4) is 0 Å². The minimum Gasteiger partial charge on any atom is -0.315 e. The van der Waals surface area contributed by atoms with Crippen molar-refractivity contribution in [2.75, 3.05) is 11.9 Å². The van der Waals surface area contributed by atoms with Crippen molar-refractivity contribution >= 4 is 46.5 Å². The fraction of sp³-hybridized carbons (Fsp3) is 0.321. The van der Waals surface area contributed by atoms with Gasteiger partial charge >= 0.3 is 6.03 Å². The first-order valence-electron chi connectivity index (χ1n) is 11.9. The van der Waals surface area contributed by atoms with E-state index in [4.69, 9.17) is 34.8 Å². The van der Waals surface area contributed by atoms with Crippen molar-refractivity contribution in [3.05, 3.63) is 92.7 Å². The van der Waals surface area contributed by atoms with Crippen LogP contribution < -0.4 is 5.32 Å². The van der Waals surface area contributed by atoms with Crippen LogP contribution in [0, 0.1) is 34.3 Å². The highest BCUT2D eigenvalue weighted by atomic mass is 35.5. The largest absolute Gasteiger partial charge is 0.322 e. The molecule has 3 atom stereocenters. The molecule has 1 fully saturated rings. The lowest BCUT2D eigenvalue weighted by Gasteiger charge is -2.38. The van der Waals surface area contributed by atoms with Crippen LogP contribution in [-0.2, 0) is 5.41 Å². The number of carbonyl (C=O) groups is 1. The number of anilines is 1. The highest BCUT2D eigenvalue weighted by Gasteiger charge is 2.60. The first-order chi connectivity index (χ1) is 17.9. The maximum atomic E-state index is 15.6. The SMILES string of the molecule is CC(C)(C)CC1CN(C(=O)Nc2ccc(Cl)nc2)C(c2cccc(Cl)c2F)C1(C#N)c1ccc(Cl)cc1F. The van der Waals surface area contributed by atoms with Gasteiger partial charge in [-0.15, -0.1) is 0 Å². The Kier molecular flexibility index (Phi) is 7.90. The van der Waals surface area contributed by atoms with Gasteiger partial charge in [-0.1, -0.05) is 73.8 Å². The van der Waals surface area contributed by atoms with Crippen LogP contribution in [0.25, 0.3) is 0 Å². The Labute approximate surface area is 235 Å². The van der Waals surface area contributed by atoms with Crippen LogP contribution in [0.4, 0.5) is 19.3 Å². The summed E-state index contributed by atoms with van der Waals surface area (Å²) >= 11 is 18.1. The van der Waals surface area contributed by atoms with Gasteiger partial charge in [0, 0.05) is 28.6 Å². The van der Waals surface area contributed by atoms with Crippen LogP contribution in [0.1, 0.15) is 44.4 Å². The molecule has 2 heterocycles. The number of hydrogen-bond acceptors (Lipinski definition) is 3. The molecule has 1 aromatic heterocycles. The average Bonchev–Trinajstić information content (AvgIpc) is 3.15. The normalized spacial score (nSPS) is 21.3. The summed E-state index contributed by atoms with van der Waals surface area (Å²) in [5.74, 6) is -2.06. The Balaban J connectivity index is 1.96. The first-order valence-corrected chi connectivity index (χ1v) is 13.0. The van der Waals surface area contributed by atoms with E-state index in [0.717, 1.165) is 6.07 Å². The first kappa shape index (κ1) is 28.1. The summed E-state index contributed by atoms with van der Waals surface area (Å²) in [7, 11) is 0. The molecule has 5 nitrogen and oxygen atoms in total. The van der Waals surface area contributed by atoms with Crippen molar-refractivity contribution in [1.29, 1.82) is 5.26 Å². The fourth-order valence-electron chi connectivity index (χ4n) is 5.32. The number of halogens is 5. The Bertz CT molecular complexity index is 1400. The van der Waals surface area contributed by atoms with Gasteiger partial charge in [0.25, 0.3) is 0 Å². The van der Waals surface area contributed by atoms with Crippen LogP contribution >= 0.6 is 34.8 Å². The molecule has 3 unspecified atom stereocenters. The molecule has 1 saturated heterocycles.